The van der Waals surface area contributed by atoms with Crippen LogP contribution in [0.2, 0.25) is 0 Å². The molecule has 0 bridgehead atoms. The SMILES string of the molecule is O=C(O)[C@@H]1CCCN(S(=O)(=O)c2sccc2Br)C1. The molecule has 1 aliphatic rings. The molecule has 0 spiro atoms. The number of hydrogen-bond donors (Lipinski definition) is 1. The molecule has 0 aliphatic carbocycles. The Morgan fingerprint density at radius 2 is 2.28 bits per heavy atom. The average Bonchev–Trinajstić information content (AvgIpc) is 2.76. The Morgan fingerprint density at radius 3 is 2.83 bits per heavy atom. The highest BCUT2D eigenvalue weighted by Crippen LogP contribution is 2.32. The highest BCUT2D eigenvalue weighted by atomic mass is 79.9. The Bertz CT molecular complexity index is 554. The molecule has 5 nitrogen and oxygen atoms in total. The average molecular weight is 354 g/mol. The van der Waals surface area contributed by atoms with E-state index in [2.05, 4.69) is 15.9 Å². The molecule has 0 radical (unpaired) electrons. The number of rotatable bonds is 3. The van der Waals surface area contributed by atoms with Gasteiger partial charge in [-0.25, -0.2) is 8.42 Å². The number of halogens is 1. The number of piperidine rings is 1. The zero-order chi connectivity index (χ0) is 13.3. The van der Waals surface area contributed by atoms with Gasteiger partial charge in [0.2, 0.25) is 0 Å². The van der Waals surface area contributed by atoms with Gasteiger partial charge < -0.3 is 5.11 Å². The largest absolute Gasteiger partial charge is 0.481 e. The Hall–Kier alpha value is -0.440. The molecule has 1 fully saturated rings. The van der Waals surface area contributed by atoms with Gasteiger partial charge in [-0.15, -0.1) is 11.3 Å². The number of carboxylic acids is 1. The van der Waals surface area contributed by atoms with E-state index in [1.54, 1.807) is 11.4 Å². The second kappa shape index (κ2) is 5.28. The van der Waals surface area contributed by atoms with Crippen LogP contribution in [0.15, 0.2) is 20.1 Å². The van der Waals surface area contributed by atoms with Crippen molar-refractivity contribution in [2.75, 3.05) is 13.1 Å². The molecule has 0 aromatic carbocycles. The Labute approximate surface area is 118 Å². The lowest BCUT2D eigenvalue weighted by molar-refractivity contribution is -0.142. The summed E-state index contributed by atoms with van der Waals surface area (Å²) in [5.74, 6) is -1.53. The van der Waals surface area contributed by atoms with Crippen LogP contribution in [0.4, 0.5) is 0 Å². The Balaban J connectivity index is 2.26. The van der Waals surface area contributed by atoms with E-state index in [9.17, 15) is 13.2 Å². The van der Waals surface area contributed by atoms with Crippen LogP contribution >= 0.6 is 27.3 Å². The van der Waals surface area contributed by atoms with Gasteiger partial charge in [0, 0.05) is 17.6 Å². The van der Waals surface area contributed by atoms with Crippen LogP contribution in [0.3, 0.4) is 0 Å². The summed E-state index contributed by atoms with van der Waals surface area (Å²) >= 11 is 4.34. The summed E-state index contributed by atoms with van der Waals surface area (Å²) < 4.78 is 26.7. The highest BCUT2D eigenvalue weighted by Gasteiger charge is 2.34. The maximum absolute atomic E-state index is 12.4. The van der Waals surface area contributed by atoms with Crippen LogP contribution in [-0.2, 0) is 14.8 Å². The molecule has 1 atom stereocenters. The first-order valence-corrected chi connectivity index (χ1v) is 8.50. The van der Waals surface area contributed by atoms with Crippen molar-refractivity contribution < 1.29 is 18.3 Å². The molecular formula is C10H12BrNO4S2. The standard InChI is InChI=1S/C10H12BrNO4S2/c11-8-3-5-17-10(8)18(15,16)12-4-1-2-7(6-12)9(13)14/h3,5,7H,1-2,4,6H2,(H,13,14)/t7-/m1/s1. The van der Waals surface area contributed by atoms with Gasteiger partial charge in [0.05, 0.1) is 5.92 Å². The number of thiophene rings is 1. The molecule has 2 heterocycles. The normalized spacial score (nSPS) is 21.9. The molecule has 1 aromatic heterocycles. The number of aliphatic carboxylic acids is 1. The molecule has 1 aromatic rings. The van der Waals surface area contributed by atoms with E-state index in [1.807, 2.05) is 0 Å². The van der Waals surface area contributed by atoms with Crippen LogP contribution in [0, 0.1) is 5.92 Å². The predicted octanol–water partition coefficient (Wildman–Crippen LogP) is 2.00. The minimum atomic E-state index is -3.57. The summed E-state index contributed by atoms with van der Waals surface area (Å²) in [6.07, 6.45) is 1.12. The van der Waals surface area contributed by atoms with Crippen molar-refractivity contribution in [1.82, 2.24) is 4.31 Å². The molecule has 0 unspecified atom stereocenters. The smallest absolute Gasteiger partial charge is 0.307 e. The van der Waals surface area contributed by atoms with E-state index in [0.717, 1.165) is 11.3 Å². The fourth-order valence-electron chi connectivity index (χ4n) is 1.94. The van der Waals surface area contributed by atoms with Gasteiger partial charge in [0.1, 0.15) is 4.21 Å². The van der Waals surface area contributed by atoms with Crippen LogP contribution in [0.25, 0.3) is 0 Å². The topological polar surface area (TPSA) is 74.7 Å². The third kappa shape index (κ3) is 2.61. The van der Waals surface area contributed by atoms with Crippen LogP contribution in [-0.4, -0.2) is 36.9 Å². The second-order valence-corrected chi connectivity index (χ2v) is 8.00. The van der Waals surface area contributed by atoms with E-state index < -0.39 is 21.9 Å². The summed E-state index contributed by atoms with van der Waals surface area (Å²) in [5.41, 5.74) is 0. The number of nitrogens with zero attached hydrogens (tertiary/aromatic N) is 1. The van der Waals surface area contributed by atoms with E-state index in [1.165, 1.54) is 4.31 Å². The Morgan fingerprint density at radius 1 is 1.56 bits per heavy atom. The first-order chi connectivity index (χ1) is 8.43. The summed E-state index contributed by atoms with van der Waals surface area (Å²) in [4.78, 5) is 11.0. The minimum absolute atomic E-state index is 0.0575. The summed E-state index contributed by atoms with van der Waals surface area (Å²) in [7, 11) is -3.57. The minimum Gasteiger partial charge on any atom is -0.481 e. The van der Waals surface area contributed by atoms with E-state index in [4.69, 9.17) is 5.11 Å². The van der Waals surface area contributed by atoms with Crippen molar-refractivity contribution in [3.63, 3.8) is 0 Å². The van der Waals surface area contributed by atoms with Crippen molar-refractivity contribution in [3.05, 3.63) is 15.9 Å². The van der Waals surface area contributed by atoms with Crippen LogP contribution in [0.5, 0.6) is 0 Å². The lowest BCUT2D eigenvalue weighted by Crippen LogP contribution is -2.42. The maximum atomic E-state index is 12.4. The third-order valence-corrected chi connectivity index (χ3v) is 7.40. The molecular weight excluding hydrogens is 342 g/mol. The van der Waals surface area contributed by atoms with Crippen molar-refractivity contribution in [2.24, 2.45) is 5.92 Å². The first kappa shape index (κ1) is 14.0. The second-order valence-electron chi connectivity index (χ2n) is 4.10. The number of carbonyl (C=O) groups is 1. The van der Waals surface area contributed by atoms with E-state index >= 15 is 0 Å². The fraction of sp³-hybridized carbons (Fsp3) is 0.500. The lowest BCUT2D eigenvalue weighted by atomic mass is 10.0. The van der Waals surface area contributed by atoms with Gasteiger partial charge >= 0.3 is 5.97 Å². The van der Waals surface area contributed by atoms with Crippen LogP contribution < -0.4 is 0 Å². The van der Waals surface area contributed by atoms with E-state index in [0.29, 0.717) is 23.9 Å². The molecule has 1 saturated heterocycles. The molecule has 0 saturated carbocycles. The number of sulfonamides is 1. The zero-order valence-electron chi connectivity index (χ0n) is 9.37. The summed E-state index contributed by atoms with van der Waals surface area (Å²) in [6, 6.07) is 1.68. The maximum Gasteiger partial charge on any atom is 0.307 e. The predicted molar refractivity (Wildman–Crippen MR) is 71.1 cm³/mol. The molecule has 100 valence electrons. The summed E-state index contributed by atoms with van der Waals surface area (Å²) in [6.45, 7) is 0.443. The van der Waals surface area contributed by atoms with Crippen LogP contribution in [0.1, 0.15) is 12.8 Å². The lowest BCUT2D eigenvalue weighted by Gasteiger charge is -2.29. The van der Waals surface area contributed by atoms with E-state index in [-0.39, 0.29) is 10.8 Å². The van der Waals surface area contributed by atoms with Crippen molar-refractivity contribution in [2.45, 2.75) is 17.1 Å². The molecule has 18 heavy (non-hydrogen) atoms. The number of hydrogen-bond acceptors (Lipinski definition) is 4. The van der Waals surface area contributed by atoms with Crippen molar-refractivity contribution in [1.29, 1.82) is 0 Å². The fourth-order valence-corrected chi connectivity index (χ4v) is 5.92. The number of carboxylic acid groups (broad SMARTS) is 1. The molecule has 2 rings (SSSR count). The molecule has 8 heteroatoms. The van der Waals surface area contributed by atoms with Crippen molar-refractivity contribution >= 4 is 43.3 Å². The molecule has 1 aliphatic heterocycles. The highest BCUT2D eigenvalue weighted by molar-refractivity contribution is 9.10. The van der Waals surface area contributed by atoms with Gasteiger partial charge in [0.25, 0.3) is 10.0 Å². The quantitative estimate of drug-likeness (QED) is 0.901. The molecule has 0 amide bonds. The third-order valence-electron chi connectivity index (χ3n) is 2.89. The van der Waals surface area contributed by atoms with Crippen molar-refractivity contribution in [3.8, 4) is 0 Å². The summed E-state index contributed by atoms with van der Waals surface area (Å²) in [5, 5.41) is 10.7. The van der Waals surface area contributed by atoms with Gasteiger partial charge in [0.15, 0.2) is 0 Å². The van der Waals surface area contributed by atoms with Gasteiger partial charge in [-0.3, -0.25) is 4.79 Å². The van der Waals surface area contributed by atoms with Gasteiger partial charge in [-0.1, -0.05) is 0 Å². The first-order valence-electron chi connectivity index (χ1n) is 5.39. The van der Waals surface area contributed by atoms with Gasteiger partial charge in [-0.05, 0) is 40.2 Å². The zero-order valence-corrected chi connectivity index (χ0v) is 12.6. The monoisotopic (exact) mass is 353 g/mol. The van der Waals surface area contributed by atoms with Gasteiger partial charge in [-0.2, -0.15) is 4.31 Å². The molecule has 1 N–H and O–H groups in total. The Kier molecular flexibility index (Phi) is 4.10.